The number of unbranched alkanes of at least 4 members (excludes halogenated alkanes) is 1. The Bertz CT molecular complexity index is 673. The third-order valence-corrected chi connectivity index (χ3v) is 6.08. The first kappa shape index (κ1) is 18.4. The topological polar surface area (TPSA) is 51.1 Å². The SMILES string of the molecule is CCCCO[C@@H]1C[C@H](N(C)Cc2csc(-c3ncccn3)n2)C1(C)C. The third kappa shape index (κ3) is 4.07. The van der Waals surface area contributed by atoms with E-state index in [1.807, 2.05) is 6.07 Å². The molecule has 0 aromatic carbocycles. The van der Waals surface area contributed by atoms with Crippen LogP contribution in [0.2, 0.25) is 0 Å². The summed E-state index contributed by atoms with van der Waals surface area (Å²) in [5.41, 5.74) is 1.27. The second kappa shape index (κ2) is 7.89. The van der Waals surface area contributed by atoms with Crippen LogP contribution in [-0.2, 0) is 11.3 Å². The maximum atomic E-state index is 6.07. The van der Waals surface area contributed by atoms with Crippen molar-refractivity contribution in [2.75, 3.05) is 13.7 Å². The average molecular weight is 361 g/mol. The predicted octanol–water partition coefficient (Wildman–Crippen LogP) is 4.02. The Labute approximate surface area is 154 Å². The maximum absolute atomic E-state index is 6.07. The lowest BCUT2D eigenvalue weighted by atomic mass is 9.64. The second-order valence-corrected chi connectivity index (χ2v) is 8.28. The van der Waals surface area contributed by atoms with Gasteiger partial charge in [-0.2, -0.15) is 0 Å². The molecule has 2 aromatic rings. The minimum Gasteiger partial charge on any atom is -0.378 e. The quantitative estimate of drug-likeness (QED) is 0.666. The molecule has 1 aliphatic rings. The number of nitrogens with zero attached hydrogens (tertiary/aromatic N) is 4. The average Bonchev–Trinajstić information content (AvgIpc) is 3.06. The van der Waals surface area contributed by atoms with E-state index in [-0.39, 0.29) is 5.41 Å². The largest absolute Gasteiger partial charge is 0.378 e. The summed E-state index contributed by atoms with van der Waals surface area (Å²) < 4.78 is 6.07. The zero-order valence-corrected chi connectivity index (χ0v) is 16.4. The van der Waals surface area contributed by atoms with Gasteiger partial charge in [0.15, 0.2) is 10.8 Å². The van der Waals surface area contributed by atoms with Gasteiger partial charge in [-0.3, -0.25) is 4.90 Å². The molecule has 1 saturated carbocycles. The normalized spacial score (nSPS) is 22.1. The van der Waals surface area contributed by atoms with Gasteiger partial charge in [-0.25, -0.2) is 15.0 Å². The van der Waals surface area contributed by atoms with Crippen LogP contribution in [0.5, 0.6) is 0 Å². The Balaban J connectivity index is 1.56. The van der Waals surface area contributed by atoms with Gasteiger partial charge in [0.2, 0.25) is 0 Å². The molecule has 6 heteroatoms. The molecule has 0 spiro atoms. The molecule has 0 N–H and O–H groups in total. The molecule has 2 atom stereocenters. The number of thiazole rings is 1. The Morgan fingerprint density at radius 3 is 2.76 bits per heavy atom. The van der Waals surface area contributed by atoms with Crippen LogP contribution in [0.1, 0.15) is 45.7 Å². The lowest BCUT2D eigenvalue weighted by Gasteiger charge is -2.55. The monoisotopic (exact) mass is 360 g/mol. The van der Waals surface area contributed by atoms with E-state index >= 15 is 0 Å². The van der Waals surface area contributed by atoms with Gasteiger partial charge < -0.3 is 4.74 Å². The summed E-state index contributed by atoms with van der Waals surface area (Å²) in [5, 5.41) is 3.00. The molecule has 5 nitrogen and oxygen atoms in total. The summed E-state index contributed by atoms with van der Waals surface area (Å²) in [6.45, 7) is 8.57. The van der Waals surface area contributed by atoms with E-state index in [2.05, 4.69) is 48.1 Å². The van der Waals surface area contributed by atoms with Crippen LogP contribution < -0.4 is 0 Å². The van der Waals surface area contributed by atoms with E-state index in [1.54, 1.807) is 23.7 Å². The van der Waals surface area contributed by atoms with Crippen LogP contribution in [-0.4, -0.2) is 45.7 Å². The predicted molar refractivity (Wildman–Crippen MR) is 101 cm³/mol. The zero-order chi connectivity index (χ0) is 17.9. The number of aromatic nitrogens is 3. The minimum absolute atomic E-state index is 0.184. The fraction of sp³-hybridized carbons (Fsp3) is 0.632. The lowest BCUT2D eigenvalue weighted by molar-refractivity contribution is -0.149. The van der Waals surface area contributed by atoms with Crippen LogP contribution in [0, 0.1) is 5.41 Å². The smallest absolute Gasteiger partial charge is 0.188 e. The first-order valence-electron chi connectivity index (χ1n) is 9.06. The van der Waals surface area contributed by atoms with Gasteiger partial charge in [-0.1, -0.05) is 27.2 Å². The summed E-state index contributed by atoms with van der Waals surface area (Å²) in [4.78, 5) is 15.7. The fourth-order valence-electron chi connectivity index (χ4n) is 3.52. The van der Waals surface area contributed by atoms with Gasteiger partial charge in [-0.15, -0.1) is 11.3 Å². The van der Waals surface area contributed by atoms with Crippen molar-refractivity contribution in [3.63, 3.8) is 0 Å². The summed E-state index contributed by atoms with van der Waals surface area (Å²) >= 11 is 1.61. The Morgan fingerprint density at radius 1 is 1.32 bits per heavy atom. The Kier molecular flexibility index (Phi) is 5.81. The van der Waals surface area contributed by atoms with Gasteiger partial charge in [-0.05, 0) is 26.0 Å². The standard InChI is InChI=1S/C19H28N4OS/c1-5-6-10-24-16-11-15(19(16,2)3)23(4)12-14-13-25-18(22-14)17-20-8-7-9-21-17/h7-9,13,15-16H,5-6,10-12H2,1-4H3/t15-,16+/m0/s1. The van der Waals surface area contributed by atoms with Crippen molar-refractivity contribution < 1.29 is 4.74 Å². The second-order valence-electron chi connectivity index (χ2n) is 7.42. The molecule has 0 radical (unpaired) electrons. The van der Waals surface area contributed by atoms with E-state index in [1.165, 1.54) is 6.42 Å². The highest BCUT2D eigenvalue weighted by Crippen LogP contribution is 2.45. The maximum Gasteiger partial charge on any atom is 0.188 e. The molecule has 3 rings (SSSR count). The molecule has 0 bridgehead atoms. The van der Waals surface area contributed by atoms with Gasteiger partial charge in [0.25, 0.3) is 0 Å². The molecule has 1 fully saturated rings. The first-order valence-corrected chi connectivity index (χ1v) is 9.94. The van der Waals surface area contributed by atoms with Crippen LogP contribution >= 0.6 is 11.3 Å². The first-order chi connectivity index (χ1) is 12.0. The summed E-state index contributed by atoms with van der Waals surface area (Å²) in [5.74, 6) is 0.703. The van der Waals surface area contributed by atoms with Crippen LogP contribution in [0.3, 0.4) is 0 Å². The van der Waals surface area contributed by atoms with E-state index in [0.29, 0.717) is 18.0 Å². The molecule has 0 amide bonds. The molecule has 2 aromatic heterocycles. The zero-order valence-electron chi connectivity index (χ0n) is 15.6. The highest BCUT2D eigenvalue weighted by molar-refractivity contribution is 7.13. The van der Waals surface area contributed by atoms with E-state index in [4.69, 9.17) is 9.72 Å². The lowest BCUT2D eigenvalue weighted by Crippen LogP contribution is -2.61. The third-order valence-electron chi connectivity index (χ3n) is 5.20. The number of hydrogen-bond acceptors (Lipinski definition) is 6. The van der Waals surface area contributed by atoms with Crippen molar-refractivity contribution in [1.82, 2.24) is 19.9 Å². The number of ether oxygens (including phenoxy) is 1. The van der Waals surface area contributed by atoms with E-state index in [9.17, 15) is 0 Å². The molecule has 0 saturated heterocycles. The summed E-state index contributed by atoms with van der Waals surface area (Å²) in [6.07, 6.45) is 7.32. The Hall–Kier alpha value is -1.37. The summed E-state index contributed by atoms with van der Waals surface area (Å²) in [6, 6.07) is 2.35. The van der Waals surface area contributed by atoms with Crippen molar-refractivity contribution >= 4 is 11.3 Å². The van der Waals surface area contributed by atoms with Gasteiger partial charge in [0.1, 0.15) is 0 Å². The highest BCUT2D eigenvalue weighted by Gasteiger charge is 2.50. The molecule has 1 aliphatic carbocycles. The van der Waals surface area contributed by atoms with Gasteiger partial charge in [0, 0.05) is 42.4 Å². The van der Waals surface area contributed by atoms with Gasteiger partial charge >= 0.3 is 0 Å². The minimum atomic E-state index is 0.184. The molecular weight excluding hydrogens is 332 g/mol. The highest BCUT2D eigenvalue weighted by atomic mass is 32.1. The summed E-state index contributed by atoms with van der Waals surface area (Å²) in [7, 11) is 2.19. The molecule has 136 valence electrons. The van der Waals surface area contributed by atoms with Crippen molar-refractivity contribution in [1.29, 1.82) is 0 Å². The van der Waals surface area contributed by atoms with Crippen LogP contribution in [0.4, 0.5) is 0 Å². The number of rotatable bonds is 8. The van der Waals surface area contributed by atoms with E-state index < -0.39 is 0 Å². The van der Waals surface area contributed by atoms with Crippen LogP contribution in [0.25, 0.3) is 10.8 Å². The van der Waals surface area contributed by atoms with Crippen molar-refractivity contribution in [3.8, 4) is 10.8 Å². The molecule has 2 heterocycles. The molecule has 25 heavy (non-hydrogen) atoms. The van der Waals surface area contributed by atoms with Crippen LogP contribution in [0.15, 0.2) is 23.8 Å². The number of hydrogen-bond donors (Lipinski definition) is 0. The molecular formula is C19H28N4OS. The fourth-order valence-corrected chi connectivity index (χ4v) is 4.28. The van der Waals surface area contributed by atoms with Crippen molar-refractivity contribution in [2.24, 2.45) is 5.41 Å². The molecule has 0 aliphatic heterocycles. The van der Waals surface area contributed by atoms with E-state index in [0.717, 1.165) is 36.7 Å². The Morgan fingerprint density at radius 2 is 2.08 bits per heavy atom. The van der Waals surface area contributed by atoms with Crippen molar-refractivity contribution in [3.05, 3.63) is 29.5 Å². The van der Waals surface area contributed by atoms with Crippen molar-refractivity contribution in [2.45, 2.75) is 58.7 Å². The van der Waals surface area contributed by atoms with Gasteiger partial charge in [0.05, 0.1) is 11.8 Å². The molecule has 0 unspecified atom stereocenters.